The van der Waals surface area contributed by atoms with Crippen molar-refractivity contribution in [3.63, 3.8) is 0 Å². The van der Waals surface area contributed by atoms with Gasteiger partial charge >= 0.3 is 0 Å². The van der Waals surface area contributed by atoms with Crippen molar-refractivity contribution in [3.05, 3.63) is 23.0 Å². The first-order valence-corrected chi connectivity index (χ1v) is 10.8. The van der Waals surface area contributed by atoms with E-state index in [2.05, 4.69) is 19.9 Å². The van der Waals surface area contributed by atoms with Crippen molar-refractivity contribution in [2.24, 2.45) is 23.2 Å². The third-order valence-electron chi connectivity index (χ3n) is 8.14. The molecule has 0 saturated heterocycles. The van der Waals surface area contributed by atoms with E-state index in [-0.39, 0.29) is 0 Å². The Labute approximate surface area is 154 Å². The molecular weight excluding hydrogens is 308 g/mol. The maximum atomic E-state index is 6.39. The molecule has 5 atom stereocenters. The molecule has 0 spiro atoms. The molecule has 0 aromatic heterocycles. The van der Waals surface area contributed by atoms with Gasteiger partial charge in [0, 0.05) is 13.0 Å². The predicted octanol–water partition coefficient (Wildman–Crippen LogP) is 6.03. The zero-order valence-electron chi connectivity index (χ0n) is 16.5. The van der Waals surface area contributed by atoms with E-state index in [1.54, 1.807) is 11.1 Å². The van der Waals surface area contributed by atoms with Crippen molar-refractivity contribution in [1.29, 1.82) is 0 Å². The van der Waals surface area contributed by atoms with Gasteiger partial charge in [0.1, 0.15) is 0 Å². The highest BCUT2D eigenvalue weighted by atomic mass is 16.5. The Balaban J connectivity index is 1.55. The first kappa shape index (κ1) is 17.6. The molecule has 1 unspecified atom stereocenters. The Hall–Kier alpha value is -0.760. The third kappa shape index (κ3) is 2.80. The van der Waals surface area contributed by atoms with E-state index in [0.717, 1.165) is 43.6 Å². The molecule has 0 aliphatic heterocycles. The quantitative estimate of drug-likeness (QED) is 0.567. The lowest BCUT2D eigenvalue weighted by Gasteiger charge is -2.53. The lowest BCUT2D eigenvalue weighted by molar-refractivity contribution is -0.0817. The van der Waals surface area contributed by atoms with E-state index >= 15 is 0 Å². The highest BCUT2D eigenvalue weighted by molar-refractivity contribution is 5.32. The van der Waals surface area contributed by atoms with E-state index in [1.165, 1.54) is 50.7 Å². The average molecular weight is 345 g/mol. The Morgan fingerprint density at radius 1 is 1.16 bits per heavy atom. The van der Waals surface area contributed by atoms with Crippen LogP contribution in [0.15, 0.2) is 23.0 Å². The smallest absolute Gasteiger partial charge is 0.0959 e. The van der Waals surface area contributed by atoms with Gasteiger partial charge in [-0.15, -0.1) is 0 Å². The first-order chi connectivity index (χ1) is 12.2. The van der Waals surface area contributed by atoms with Crippen LogP contribution >= 0.6 is 0 Å². The molecule has 4 rings (SSSR count). The minimum absolute atomic E-state index is 0.483. The summed E-state index contributed by atoms with van der Waals surface area (Å²) >= 11 is 0. The van der Waals surface area contributed by atoms with Gasteiger partial charge in [-0.1, -0.05) is 25.0 Å². The number of rotatable bonds is 5. The van der Waals surface area contributed by atoms with Crippen LogP contribution in [0.4, 0.5) is 0 Å². The van der Waals surface area contributed by atoms with Gasteiger partial charge in [0.15, 0.2) is 0 Å². The zero-order chi connectivity index (χ0) is 17.4. The van der Waals surface area contributed by atoms with Gasteiger partial charge in [-0.3, -0.25) is 0 Å². The largest absolute Gasteiger partial charge is 0.501 e. The molecule has 0 N–H and O–H groups in total. The van der Waals surface area contributed by atoms with Crippen molar-refractivity contribution in [2.75, 3.05) is 13.7 Å². The molecule has 4 aliphatic rings. The summed E-state index contributed by atoms with van der Waals surface area (Å²) in [6, 6.07) is 0. The maximum absolute atomic E-state index is 6.39. The maximum Gasteiger partial charge on any atom is 0.0959 e. The monoisotopic (exact) mass is 344 g/mol. The molecule has 4 aliphatic carbocycles. The Morgan fingerprint density at radius 3 is 2.80 bits per heavy atom. The van der Waals surface area contributed by atoms with Crippen LogP contribution in [0.1, 0.15) is 78.1 Å². The molecule has 0 aromatic carbocycles. The van der Waals surface area contributed by atoms with Crippen molar-refractivity contribution >= 4 is 0 Å². The lowest BCUT2D eigenvalue weighted by atomic mass is 9.53. The summed E-state index contributed by atoms with van der Waals surface area (Å²) < 4.78 is 11.9. The number of methoxy groups -OCH3 is 1. The number of hydrogen-bond donors (Lipinski definition) is 0. The minimum Gasteiger partial charge on any atom is -0.501 e. The Morgan fingerprint density at radius 2 is 2.04 bits per heavy atom. The Kier molecular flexibility index (Phi) is 5.01. The normalized spacial score (nSPS) is 40.2. The van der Waals surface area contributed by atoms with Crippen LogP contribution in [0.5, 0.6) is 0 Å². The highest BCUT2D eigenvalue weighted by Crippen LogP contribution is 2.63. The molecule has 2 saturated carbocycles. The second-order valence-corrected chi connectivity index (χ2v) is 8.86. The Bertz CT molecular complexity index is 560. The van der Waals surface area contributed by atoms with Crippen LogP contribution in [0, 0.1) is 23.2 Å². The fraction of sp³-hybridized carbons (Fsp3) is 0.826. The first-order valence-electron chi connectivity index (χ1n) is 10.8. The van der Waals surface area contributed by atoms with E-state index in [4.69, 9.17) is 9.47 Å². The summed E-state index contributed by atoms with van der Waals surface area (Å²) in [5.41, 5.74) is 4.01. The topological polar surface area (TPSA) is 18.5 Å². The van der Waals surface area contributed by atoms with E-state index in [9.17, 15) is 0 Å². The molecule has 25 heavy (non-hydrogen) atoms. The summed E-state index contributed by atoms with van der Waals surface area (Å²) in [5, 5.41) is 0. The van der Waals surface area contributed by atoms with E-state index in [0.29, 0.717) is 11.5 Å². The van der Waals surface area contributed by atoms with Crippen LogP contribution < -0.4 is 0 Å². The van der Waals surface area contributed by atoms with Crippen LogP contribution in [0.2, 0.25) is 0 Å². The molecule has 0 bridgehead atoms. The van der Waals surface area contributed by atoms with Crippen LogP contribution in [0.3, 0.4) is 0 Å². The predicted molar refractivity (Wildman–Crippen MR) is 102 cm³/mol. The number of allylic oxidation sites excluding steroid dienone is 3. The second kappa shape index (κ2) is 7.10. The van der Waals surface area contributed by atoms with Crippen molar-refractivity contribution in [2.45, 2.75) is 84.2 Å². The summed E-state index contributed by atoms with van der Waals surface area (Å²) in [6.45, 7) is 5.62. The number of fused-ring (bicyclic) bond motifs is 4. The van der Waals surface area contributed by atoms with Crippen molar-refractivity contribution in [1.82, 2.24) is 0 Å². The summed E-state index contributed by atoms with van der Waals surface area (Å²) in [6.07, 6.45) is 15.8. The zero-order valence-corrected chi connectivity index (χ0v) is 16.5. The second-order valence-electron chi connectivity index (χ2n) is 8.86. The van der Waals surface area contributed by atoms with Gasteiger partial charge in [-0.25, -0.2) is 0 Å². The molecule has 0 amide bonds. The standard InChI is InChI=1S/C23H36O2/c1-4-14-25-22-11-10-21-20-8-6-16-15-17(24-3)7-9-18(16)19(20)12-13-23(21,22)5-2/h7,19-22H,4-6,8-15H2,1-3H3/t19-,20-,21+,22+,23?/m1/s1. The van der Waals surface area contributed by atoms with E-state index < -0.39 is 0 Å². The molecule has 0 heterocycles. The molecule has 2 nitrogen and oxygen atoms in total. The number of ether oxygens (including phenoxy) is 2. The summed E-state index contributed by atoms with van der Waals surface area (Å²) in [5.74, 6) is 3.87. The van der Waals surface area contributed by atoms with Crippen molar-refractivity contribution in [3.8, 4) is 0 Å². The summed E-state index contributed by atoms with van der Waals surface area (Å²) in [4.78, 5) is 0. The highest BCUT2D eigenvalue weighted by Gasteiger charge is 2.57. The fourth-order valence-corrected chi connectivity index (χ4v) is 6.98. The molecule has 2 fully saturated rings. The third-order valence-corrected chi connectivity index (χ3v) is 8.14. The van der Waals surface area contributed by atoms with E-state index in [1.807, 2.05) is 7.11 Å². The minimum atomic E-state index is 0.483. The van der Waals surface area contributed by atoms with Gasteiger partial charge in [0.25, 0.3) is 0 Å². The number of hydrogen-bond acceptors (Lipinski definition) is 2. The van der Waals surface area contributed by atoms with Crippen LogP contribution in [0.25, 0.3) is 0 Å². The molecule has 0 aromatic rings. The van der Waals surface area contributed by atoms with Gasteiger partial charge in [0.2, 0.25) is 0 Å². The SMILES string of the molecule is CCCO[C@H]1CC[C@H]2[C@@H]3CCC4=C(CC=C(OC)C4)[C@H]3CCC12CC. The summed E-state index contributed by atoms with van der Waals surface area (Å²) in [7, 11) is 1.83. The molecular formula is C23H36O2. The molecule has 140 valence electrons. The van der Waals surface area contributed by atoms with Crippen LogP contribution in [-0.4, -0.2) is 19.8 Å². The fourth-order valence-electron chi connectivity index (χ4n) is 6.98. The van der Waals surface area contributed by atoms with Gasteiger partial charge in [-0.05, 0) is 87.0 Å². The van der Waals surface area contributed by atoms with Crippen LogP contribution in [-0.2, 0) is 9.47 Å². The van der Waals surface area contributed by atoms with Gasteiger partial charge in [0.05, 0.1) is 19.0 Å². The van der Waals surface area contributed by atoms with Crippen molar-refractivity contribution < 1.29 is 9.47 Å². The van der Waals surface area contributed by atoms with Gasteiger partial charge in [-0.2, -0.15) is 0 Å². The molecule has 2 heteroatoms. The molecule has 0 radical (unpaired) electrons. The lowest BCUT2D eigenvalue weighted by Crippen LogP contribution is -2.47. The van der Waals surface area contributed by atoms with Gasteiger partial charge < -0.3 is 9.47 Å². The average Bonchev–Trinajstić information content (AvgIpc) is 3.04.